The minimum absolute atomic E-state index is 0.101. The molecule has 0 heterocycles. The maximum Gasteiger partial charge on any atom is 0.287 e. The van der Waals surface area contributed by atoms with Gasteiger partial charge in [-0.2, -0.15) is 0 Å². The zero-order valence-electron chi connectivity index (χ0n) is 14.4. The van der Waals surface area contributed by atoms with Gasteiger partial charge in [0.1, 0.15) is 16.8 Å². The lowest BCUT2D eigenvalue weighted by Crippen LogP contribution is -2.28. The lowest BCUT2D eigenvalue weighted by molar-refractivity contribution is 0.455. The third-order valence-corrected chi connectivity index (χ3v) is 8.49. The molecule has 1 atom stereocenters. The van der Waals surface area contributed by atoms with E-state index in [0.717, 1.165) is 0 Å². The number of halogens is 4. The van der Waals surface area contributed by atoms with Crippen LogP contribution in [-0.4, -0.2) is 5.16 Å². The summed E-state index contributed by atoms with van der Waals surface area (Å²) < 4.78 is 25.5. The van der Waals surface area contributed by atoms with Crippen LogP contribution in [0.25, 0.3) is 0 Å². The summed E-state index contributed by atoms with van der Waals surface area (Å²) in [5, 5.41) is 0.340. The molecule has 0 bridgehead atoms. The van der Waals surface area contributed by atoms with Crippen molar-refractivity contribution in [2.45, 2.75) is 25.9 Å². The molecule has 26 heavy (non-hydrogen) atoms. The van der Waals surface area contributed by atoms with E-state index in [2.05, 4.69) is 6.58 Å². The second-order valence-corrected chi connectivity index (χ2v) is 11.1. The fourth-order valence-corrected chi connectivity index (χ4v) is 5.43. The van der Waals surface area contributed by atoms with Gasteiger partial charge in [-0.25, -0.2) is 0 Å². The van der Waals surface area contributed by atoms with Gasteiger partial charge in [-0.3, -0.25) is 4.57 Å². The fourth-order valence-electron chi connectivity index (χ4n) is 2.18. The van der Waals surface area contributed by atoms with Crippen molar-refractivity contribution in [3.05, 3.63) is 63.3 Å². The number of benzene rings is 2. The highest BCUT2D eigenvalue weighted by Crippen LogP contribution is 2.60. The third-order valence-electron chi connectivity index (χ3n) is 3.54. The van der Waals surface area contributed by atoms with E-state index in [1.807, 2.05) is 0 Å². The van der Waals surface area contributed by atoms with Gasteiger partial charge < -0.3 is 9.26 Å². The van der Waals surface area contributed by atoms with E-state index in [0.29, 0.717) is 10.8 Å². The summed E-state index contributed by atoms with van der Waals surface area (Å²) in [5.41, 5.74) is 0. The number of rotatable bonds is 5. The van der Waals surface area contributed by atoms with Crippen molar-refractivity contribution in [2.75, 3.05) is 0 Å². The summed E-state index contributed by atoms with van der Waals surface area (Å²) in [5.74, 6) is 0.547. The topological polar surface area (TPSA) is 35.5 Å². The van der Waals surface area contributed by atoms with Crippen molar-refractivity contribution in [1.29, 1.82) is 0 Å². The first-order valence-corrected chi connectivity index (χ1v) is 10.7. The normalized spacial score (nSPS) is 13.8. The van der Waals surface area contributed by atoms with Gasteiger partial charge >= 0.3 is 0 Å². The molecule has 0 fully saturated rings. The molecule has 0 aliphatic carbocycles. The highest BCUT2D eigenvalue weighted by atomic mass is 35.5. The van der Waals surface area contributed by atoms with Gasteiger partial charge in [0.25, 0.3) is 7.37 Å². The standard InChI is InChI=1S/C18H17Cl4O3P/c1-5-24-15-9-8-13(20)16(22)17(15)26(23,18(2,3)4)25-11-6-7-12(19)14(21)10-11/h5-10H,1H2,2-4H3. The van der Waals surface area contributed by atoms with Gasteiger partial charge in [-0.15, -0.1) is 0 Å². The van der Waals surface area contributed by atoms with Gasteiger partial charge in [0.15, 0.2) is 0 Å². The Hall–Kier alpha value is -0.830. The molecular formula is C18H17Cl4O3P. The number of hydrogen-bond acceptors (Lipinski definition) is 3. The molecule has 0 N–H and O–H groups in total. The lowest BCUT2D eigenvalue weighted by atomic mass is 10.3. The summed E-state index contributed by atoms with van der Waals surface area (Å²) in [6.07, 6.45) is 1.22. The molecule has 0 saturated heterocycles. The van der Waals surface area contributed by atoms with Crippen molar-refractivity contribution in [3.8, 4) is 11.5 Å². The summed E-state index contributed by atoms with van der Waals surface area (Å²) in [6.45, 7) is 8.87. The molecule has 0 radical (unpaired) electrons. The molecule has 0 aromatic heterocycles. The van der Waals surface area contributed by atoms with Gasteiger partial charge in [0.05, 0.1) is 31.5 Å². The summed E-state index contributed by atoms with van der Waals surface area (Å²) in [4.78, 5) is 0. The first-order valence-electron chi connectivity index (χ1n) is 7.52. The Bertz CT molecular complexity index is 891. The second kappa shape index (κ2) is 8.04. The number of ether oxygens (including phenoxy) is 1. The second-order valence-electron chi connectivity index (χ2n) is 6.38. The van der Waals surface area contributed by atoms with E-state index in [4.69, 9.17) is 55.7 Å². The predicted octanol–water partition coefficient (Wildman–Crippen LogP) is 7.60. The zero-order chi connectivity index (χ0) is 19.7. The van der Waals surface area contributed by atoms with Crippen molar-refractivity contribution < 1.29 is 13.8 Å². The Morgan fingerprint density at radius 3 is 2.15 bits per heavy atom. The molecule has 0 saturated carbocycles. The molecule has 2 rings (SSSR count). The Balaban J connectivity index is 2.72. The minimum atomic E-state index is -3.64. The number of hydrogen-bond donors (Lipinski definition) is 0. The highest BCUT2D eigenvalue weighted by molar-refractivity contribution is 7.69. The van der Waals surface area contributed by atoms with Crippen LogP contribution in [0, 0.1) is 0 Å². The SMILES string of the molecule is C=COc1ccc(Cl)c(Cl)c1P(=O)(Oc1ccc(Cl)c(Cl)c1)C(C)(C)C. The van der Waals surface area contributed by atoms with Crippen LogP contribution in [0.15, 0.2) is 43.2 Å². The minimum Gasteiger partial charge on any atom is -0.465 e. The zero-order valence-corrected chi connectivity index (χ0v) is 18.3. The first kappa shape index (κ1) is 21.5. The van der Waals surface area contributed by atoms with Crippen LogP contribution in [0.3, 0.4) is 0 Å². The van der Waals surface area contributed by atoms with Gasteiger partial charge in [-0.05, 0) is 45.0 Å². The Labute approximate surface area is 173 Å². The summed E-state index contributed by atoms with van der Waals surface area (Å²) in [6, 6.07) is 7.76. The average Bonchev–Trinajstić information content (AvgIpc) is 2.53. The quantitative estimate of drug-likeness (QED) is 0.345. The third kappa shape index (κ3) is 4.18. The van der Waals surface area contributed by atoms with Crippen molar-refractivity contribution in [1.82, 2.24) is 0 Å². The highest BCUT2D eigenvalue weighted by Gasteiger charge is 2.45. The van der Waals surface area contributed by atoms with E-state index in [9.17, 15) is 4.57 Å². The van der Waals surface area contributed by atoms with E-state index in [-0.39, 0.29) is 26.1 Å². The molecular weight excluding hydrogens is 437 g/mol. The smallest absolute Gasteiger partial charge is 0.287 e. The largest absolute Gasteiger partial charge is 0.465 e. The maximum absolute atomic E-state index is 14.1. The lowest BCUT2D eigenvalue weighted by Gasteiger charge is -2.33. The van der Waals surface area contributed by atoms with Crippen LogP contribution >= 0.6 is 53.8 Å². The molecule has 0 aliphatic rings. The predicted molar refractivity (Wildman–Crippen MR) is 111 cm³/mol. The van der Waals surface area contributed by atoms with Gasteiger partial charge in [-0.1, -0.05) is 53.0 Å². The van der Waals surface area contributed by atoms with Crippen LogP contribution < -0.4 is 14.6 Å². The molecule has 0 spiro atoms. The van der Waals surface area contributed by atoms with Gasteiger partial charge in [0, 0.05) is 6.07 Å². The Kier molecular flexibility index (Phi) is 6.64. The molecule has 0 aliphatic heterocycles. The van der Waals surface area contributed by atoms with Crippen LogP contribution in [0.4, 0.5) is 0 Å². The molecule has 8 heteroatoms. The average molecular weight is 454 g/mol. The van der Waals surface area contributed by atoms with Crippen molar-refractivity contribution >= 4 is 59.1 Å². The van der Waals surface area contributed by atoms with Gasteiger partial charge in [0.2, 0.25) is 0 Å². The van der Waals surface area contributed by atoms with Crippen molar-refractivity contribution in [2.24, 2.45) is 0 Å². The van der Waals surface area contributed by atoms with Crippen LogP contribution in [0.5, 0.6) is 11.5 Å². The molecule has 2 aromatic carbocycles. The maximum atomic E-state index is 14.1. The molecule has 140 valence electrons. The molecule has 0 amide bonds. The summed E-state index contributed by atoms with van der Waals surface area (Å²) >= 11 is 24.6. The van der Waals surface area contributed by atoms with Crippen LogP contribution in [0.2, 0.25) is 20.1 Å². The summed E-state index contributed by atoms with van der Waals surface area (Å²) in [7, 11) is -3.64. The first-order chi connectivity index (χ1) is 12.0. The van der Waals surface area contributed by atoms with E-state index >= 15 is 0 Å². The molecule has 3 nitrogen and oxygen atoms in total. The molecule has 1 unspecified atom stereocenters. The van der Waals surface area contributed by atoms with Crippen LogP contribution in [-0.2, 0) is 4.57 Å². The fraction of sp³-hybridized carbons (Fsp3) is 0.222. The van der Waals surface area contributed by atoms with E-state index in [1.165, 1.54) is 12.3 Å². The Morgan fingerprint density at radius 2 is 1.62 bits per heavy atom. The Morgan fingerprint density at radius 1 is 1.00 bits per heavy atom. The van der Waals surface area contributed by atoms with E-state index in [1.54, 1.807) is 45.0 Å². The molecule has 2 aromatic rings. The van der Waals surface area contributed by atoms with Crippen molar-refractivity contribution in [3.63, 3.8) is 0 Å². The van der Waals surface area contributed by atoms with Crippen LogP contribution in [0.1, 0.15) is 20.8 Å². The van der Waals surface area contributed by atoms with E-state index < -0.39 is 12.5 Å². The monoisotopic (exact) mass is 452 g/mol.